The Morgan fingerprint density at radius 1 is 0.909 bits per heavy atom. The standard InChI is InChI=1S/C26H29BrN4O2/c27-22-8-6-21(7-9-22)23-18-28-24(25(23)30-14-16-33-17-15-30)26(32)31-12-10-29(11-13-31)19-20-4-2-1-3-5-20/h1-9,18,28H,10-17,19H2. The molecule has 7 heteroatoms. The molecule has 0 bridgehead atoms. The molecule has 0 saturated carbocycles. The summed E-state index contributed by atoms with van der Waals surface area (Å²) in [6.07, 6.45) is 1.98. The van der Waals surface area contributed by atoms with Gasteiger partial charge in [-0.05, 0) is 23.3 Å². The number of aromatic nitrogens is 1. The van der Waals surface area contributed by atoms with Crippen LogP contribution in [0.5, 0.6) is 0 Å². The van der Waals surface area contributed by atoms with Gasteiger partial charge in [-0.15, -0.1) is 0 Å². The minimum Gasteiger partial charge on any atom is -0.378 e. The molecule has 2 aliphatic heterocycles. The normalized spacial score (nSPS) is 17.4. The number of rotatable bonds is 5. The molecule has 172 valence electrons. The van der Waals surface area contributed by atoms with E-state index in [-0.39, 0.29) is 5.91 Å². The van der Waals surface area contributed by atoms with Crippen molar-refractivity contribution in [3.05, 3.63) is 76.5 Å². The highest BCUT2D eigenvalue weighted by molar-refractivity contribution is 9.10. The summed E-state index contributed by atoms with van der Waals surface area (Å²) in [5, 5.41) is 0. The number of H-pyrrole nitrogens is 1. The van der Waals surface area contributed by atoms with Crippen LogP contribution in [0.25, 0.3) is 11.1 Å². The summed E-state index contributed by atoms with van der Waals surface area (Å²) in [5.74, 6) is 0.0826. The Hall–Kier alpha value is -2.61. The summed E-state index contributed by atoms with van der Waals surface area (Å²) < 4.78 is 6.62. The van der Waals surface area contributed by atoms with E-state index in [9.17, 15) is 4.79 Å². The number of carbonyl (C=O) groups excluding carboxylic acids is 1. The number of carbonyl (C=O) groups is 1. The Bertz CT molecular complexity index is 1070. The SMILES string of the molecule is O=C(c1[nH]cc(-c2ccc(Br)cc2)c1N1CCOCC1)N1CCN(Cc2ccccc2)CC1. The van der Waals surface area contributed by atoms with Crippen molar-refractivity contribution in [1.82, 2.24) is 14.8 Å². The highest BCUT2D eigenvalue weighted by Crippen LogP contribution is 2.36. The number of amides is 1. The lowest BCUT2D eigenvalue weighted by molar-refractivity contribution is 0.0623. The van der Waals surface area contributed by atoms with Crippen molar-refractivity contribution in [2.45, 2.75) is 6.54 Å². The van der Waals surface area contributed by atoms with E-state index in [2.05, 4.69) is 67.1 Å². The Balaban J connectivity index is 1.35. The fourth-order valence-corrected chi connectivity index (χ4v) is 4.92. The predicted octanol–water partition coefficient (Wildman–Crippen LogP) is 4.24. The Morgan fingerprint density at radius 2 is 1.61 bits per heavy atom. The van der Waals surface area contributed by atoms with Gasteiger partial charge in [0, 0.05) is 62.0 Å². The van der Waals surface area contributed by atoms with Gasteiger partial charge in [0.2, 0.25) is 0 Å². The minimum atomic E-state index is 0.0826. The van der Waals surface area contributed by atoms with Crippen LogP contribution in [0.4, 0.5) is 5.69 Å². The molecule has 1 N–H and O–H groups in total. The molecule has 2 saturated heterocycles. The Labute approximate surface area is 203 Å². The highest BCUT2D eigenvalue weighted by Gasteiger charge is 2.29. The summed E-state index contributed by atoms with van der Waals surface area (Å²) in [4.78, 5) is 23.7. The quantitative estimate of drug-likeness (QED) is 0.559. The van der Waals surface area contributed by atoms with E-state index < -0.39 is 0 Å². The second-order valence-corrected chi connectivity index (χ2v) is 9.50. The number of hydrogen-bond acceptors (Lipinski definition) is 4. The van der Waals surface area contributed by atoms with Gasteiger partial charge in [-0.1, -0.05) is 58.4 Å². The van der Waals surface area contributed by atoms with E-state index in [0.29, 0.717) is 18.9 Å². The number of morpholine rings is 1. The third-order valence-electron chi connectivity index (χ3n) is 6.46. The summed E-state index contributed by atoms with van der Waals surface area (Å²) in [6, 6.07) is 18.8. The van der Waals surface area contributed by atoms with Gasteiger partial charge < -0.3 is 19.5 Å². The number of nitrogens with zero attached hydrogens (tertiary/aromatic N) is 3. The van der Waals surface area contributed by atoms with E-state index in [1.165, 1.54) is 5.56 Å². The molecular formula is C26H29BrN4O2. The fraction of sp³-hybridized carbons (Fsp3) is 0.346. The average molecular weight is 509 g/mol. The molecule has 6 nitrogen and oxygen atoms in total. The average Bonchev–Trinajstić information content (AvgIpc) is 3.31. The zero-order chi connectivity index (χ0) is 22.6. The molecule has 1 aromatic heterocycles. The monoisotopic (exact) mass is 508 g/mol. The number of ether oxygens (including phenoxy) is 1. The smallest absolute Gasteiger partial charge is 0.272 e. The molecule has 33 heavy (non-hydrogen) atoms. The van der Waals surface area contributed by atoms with Gasteiger partial charge >= 0.3 is 0 Å². The van der Waals surface area contributed by atoms with E-state index >= 15 is 0 Å². The lowest BCUT2D eigenvalue weighted by Crippen LogP contribution is -2.48. The number of benzene rings is 2. The van der Waals surface area contributed by atoms with Crippen LogP contribution < -0.4 is 4.90 Å². The van der Waals surface area contributed by atoms with E-state index in [1.807, 2.05) is 29.3 Å². The molecule has 0 spiro atoms. The molecule has 3 heterocycles. The van der Waals surface area contributed by atoms with Gasteiger partial charge in [0.15, 0.2) is 0 Å². The molecule has 2 fully saturated rings. The van der Waals surface area contributed by atoms with Crippen LogP contribution in [0.2, 0.25) is 0 Å². The largest absolute Gasteiger partial charge is 0.378 e. The van der Waals surface area contributed by atoms with E-state index in [0.717, 1.165) is 67.1 Å². The van der Waals surface area contributed by atoms with Crippen molar-refractivity contribution in [3.63, 3.8) is 0 Å². The summed E-state index contributed by atoms with van der Waals surface area (Å²) >= 11 is 3.52. The van der Waals surface area contributed by atoms with Gasteiger partial charge in [0.05, 0.1) is 18.9 Å². The number of aromatic amines is 1. The lowest BCUT2D eigenvalue weighted by atomic mass is 10.1. The predicted molar refractivity (Wildman–Crippen MR) is 135 cm³/mol. The fourth-order valence-electron chi connectivity index (χ4n) is 4.65. The minimum absolute atomic E-state index is 0.0826. The van der Waals surface area contributed by atoms with Crippen LogP contribution in [0.1, 0.15) is 16.1 Å². The molecule has 0 radical (unpaired) electrons. The first-order valence-electron chi connectivity index (χ1n) is 11.5. The topological polar surface area (TPSA) is 51.8 Å². The zero-order valence-corrected chi connectivity index (χ0v) is 20.3. The van der Waals surface area contributed by atoms with Crippen LogP contribution in [-0.2, 0) is 11.3 Å². The summed E-state index contributed by atoms with van der Waals surface area (Å²) in [5.41, 5.74) is 5.16. The molecule has 0 aliphatic carbocycles. The maximum atomic E-state index is 13.6. The van der Waals surface area contributed by atoms with Gasteiger partial charge in [-0.2, -0.15) is 0 Å². The summed E-state index contributed by atoms with van der Waals surface area (Å²) in [6.45, 7) is 7.09. The first-order valence-corrected chi connectivity index (χ1v) is 12.3. The van der Waals surface area contributed by atoms with Crippen LogP contribution in [-0.4, -0.2) is 73.2 Å². The number of anilines is 1. The van der Waals surface area contributed by atoms with Crippen LogP contribution in [0.3, 0.4) is 0 Å². The molecule has 5 rings (SSSR count). The first-order chi connectivity index (χ1) is 16.2. The third kappa shape index (κ3) is 5.00. The van der Waals surface area contributed by atoms with Gasteiger partial charge in [-0.3, -0.25) is 9.69 Å². The molecule has 0 unspecified atom stereocenters. The second-order valence-electron chi connectivity index (χ2n) is 8.59. The van der Waals surface area contributed by atoms with Crippen molar-refractivity contribution >= 4 is 27.5 Å². The molecule has 1 amide bonds. The Morgan fingerprint density at radius 3 is 2.30 bits per heavy atom. The van der Waals surface area contributed by atoms with Crippen molar-refractivity contribution < 1.29 is 9.53 Å². The van der Waals surface area contributed by atoms with Crippen LogP contribution in [0.15, 0.2) is 65.3 Å². The van der Waals surface area contributed by atoms with E-state index in [1.54, 1.807) is 0 Å². The van der Waals surface area contributed by atoms with Gasteiger partial charge in [-0.25, -0.2) is 0 Å². The number of nitrogens with one attached hydrogen (secondary N) is 1. The zero-order valence-electron chi connectivity index (χ0n) is 18.7. The Kier molecular flexibility index (Phi) is 6.80. The van der Waals surface area contributed by atoms with E-state index in [4.69, 9.17) is 4.74 Å². The molecular weight excluding hydrogens is 480 g/mol. The van der Waals surface area contributed by atoms with Crippen molar-refractivity contribution in [2.24, 2.45) is 0 Å². The lowest BCUT2D eigenvalue weighted by Gasteiger charge is -2.35. The molecule has 0 atom stereocenters. The van der Waals surface area contributed by atoms with Gasteiger partial charge in [0.1, 0.15) is 5.69 Å². The number of piperazine rings is 1. The number of halogens is 1. The van der Waals surface area contributed by atoms with Crippen LogP contribution in [0, 0.1) is 0 Å². The van der Waals surface area contributed by atoms with Crippen molar-refractivity contribution in [3.8, 4) is 11.1 Å². The van der Waals surface area contributed by atoms with Crippen molar-refractivity contribution in [2.75, 3.05) is 57.4 Å². The second kappa shape index (κ2) is 10.1. The maximum Gasteiger partial charge on any atom is 0.272 e. The number of hydrogen-bond donors (Lipinski definition) is 1. The summed E-state index contributed by atoms with van der Waals surface area (Å²) in [7, 11) is 0. The maximum absolute atomic E-state index is 13.6. The van der Waals surface area contributed by atoms with Gasteiger partial charge in [0.25, 0.3) is 5.91 Å². The first kappa shape index (κ1) is 22.2. The van der Waals surface area contributed by atoms with Crippen molar-refractivity contribution in [1.29, 1.82) is 0 Å². The molecule has 3 aromatic rings. The highest BCUT2D eigenvalue weighted by atomic mass is 79.9. The molecule has 2 aromatic carbocycles. The van der Waals surface area contributed by atoms with Crippen LogP contribution >= 0.6 is 15.9 Å². The molecule has 2 aliphatic rings. The third-order valence-corrected chi connectivity index (χ3v) is 6.99.